The maximum atomic E-state index is 15.3. The molecule has 0 aliphatic heterocycles. The number of phenols is 1. The van der Waals surface area contributed by atoms with Crippen molar-refractivity contribution in [3.63, 3.8) is 0 Å². The van der Waals surface area contributed by atoms with Gasteiger partial charge in [-0.05, 0) is 53.5 Å². The number of benzene rings is 3. The fourth-order valence-electron chi connectivity index (χ4n) is 4.63. The summed E-state index contributed by atoms with van der Waals surface area (Å²) >= 11 is 0. The molecule has 10 heteroatoms. The van der Waals surface area contributed by atoms with Gasteiger partial charge in [-0.15, -0.1) is 0 Å². The van der Waals surface area contributed by atoms with E-state index in [9.17, 15) is 27.1 Å². The highest BCUT2D eigenvalue weighted by Gasteiger charge is 2.43. The molecule has 0 fully saturated rings. The number of ether oxygens (including phenoxy) is 2. The monoisotopic (exact) mass is 614 g/mol. The molecule has 236 valence electrons. The summed E-state index contributed by atoms with van der Waals surface area (Å²) in [5, 5.41) is 10.8. The molecule has 0 bridgehead atoms. The van der Waals surface area contributed by atoms with Crippen molar-refractivity contribution in [2.24, 2.45) is 0 Å². The summed E-state index contributed by atoms with van der Waals surface area (Å²) in [5.74, 6) is -6.87. The molecule has 0 radical (unpaired) electrons. The molecule has 0 aromatic heterocycles. The van der Waals surface area contributed by atoms with Crippen LogP contribution in [-0.2, 0) is 29.5 Å². The molecule has 0 amide bonds. The minimum Gasteiger partial charge on any atom is -0.507 e. The van der Waals surface area contributed by atoms with Crippen LogP contribution in [0.3, 0.4) is 0 Å². The molecule has 0 saturated heterocycles. The van der Waals surface area contributed by atoms with Crippen LogP contribution in [0.2, 0.25) is 0 Å². The van der Waals surface area contributed by atoms with Crippen molar-refractivity contribution < 1.29 is 45.3 Å². The lowest BCUT2D eigenvalue weighted by Gasteiger charge is -2.29. The third-order valence-electron chi connectivity index (χ3n) is 6.91. The van der Waals surface area contributed by atoms with Crippen LogP contribution in [0.15, 0.2) is 42.5 Å². The quantitative estimate of drug-likeness (QED) is 0.182. The number of unbranched alkanes of at least 4 members (excludes halogenated alkanes) is 2. The van der Waals surface area contributed by atoms with E-state index in [2.05, 4.69) is 4.74 Å². The van der Waals surface area contributed by atoms with Crippen molar-refractivity contribution in [3.8, 4) is 17.2 Å². The normalized spacial score (nSPS) is 12.9. The standard InChI is InChI=1S/C33H37F7O3/c1-8-9-10-11-19-12-13-22(25(34)14-19)32(37,38)42-21-17-26(35)28(27(36)18-21)33(39,40)43-20-15-23(30(2,3)4)29(41)24(16-20)31(5,6)7/h12-18,41H,8-11H2,1-7H3. The number of rotatable bonds is 10. The molecule has 0 saturated carbocycles. The van der Waals surface area contributed by atoms with Crippen LogP contribution in [0.5, 0.6) is 17.2 Å². The Balaban J connectivity index is 1.93. The van der Waals surface area contributed by atoms with Crippen molar-refractivity contribution >= 4 is 0 Å². The SMILES string of the molecule is CCCCCc1ccc(C(F)(F)Oc2cc(F)c(C(F)(F)Oc3cc(C(C)(C)C)c(O)c(C(C)(C)C)c3)c(F)c2)c(F)c1. The third kappa shape index (κ3) is 7.95. The first-order valence-corrected chi connectivity index (χ1v) is 14.0. The molecular formula is C33H37F7O3. The van der Waals surface area contributed by atoms with Gasteiger partial charge in [0.1, 0.15) is 40.3 Å². The molecule has 0 heterocycles. The van der Waals surface area contributed by atoms with E-state index in [1.54, 1.807) is 41.5 Å². The summed E-state index contributed by atoms with van der Waals surface area (Å²) in [6.07, 6.45) is -5.96. The van der Waals surface area contributed by atoms with Gasteiger partial charge in [0.05, 0.1) is 5.56 Å². The van der Waals surface area contributed by atoms with Gasteiger partial charge in [0.25, 0.3) is 0 Å². The maximum absolute atomic E-state index is 15.3. The van der Waals surface area contributed by atoms with Gasteiger partial charge in [0.2, 0.25) is 0 Å². The predicted octanol–water partition coefficient (Wildman–Crippen LogP) is 10.4. The molecule has 0 aliphatic rings. The second kappa shape index (κ2) is 12.3. The van der Waals surface area contributed by atoms with Gasteiger partial charge in [0, 0.05) is 23.3 Å². The zero-order valence-corrected chi connectivity index (χ0v) is 25.3. The molecule has 0 aliphatic carbocycles. The molecular weight excluding hydrogens is 577 g/mol. The van der Waals surface area contributed by atoms with Crippen molar-refractivity contribution in [2.45, 2.75) is 97.2 Å². The Morgan fingerprint density at radius 3 is 1.58 bits per heavy atom. The lowest BCUT2D eigenvalue weighted by Crippen LogP contribution is -2.27. The highest BCUT2D eigenvalue weighted by atomic mass is 19.3. The van der Waals surface area contributed by atoms with Crippen LogP contribution in [0.1, 0.15) is 95.5 Å². The largest absolute Gasteiger partial charge is 0.507 e. The smallest absolute Gasteiger partial charge is 0.432 e. The van der Waals surface area contributed by atoms with Crippen LogP contribution < -0.4 is 9.47 Å². The Morgan fingerprint density at radius 2 is 1.12 bits per heavy atom. The molecule has 0 unspecified atom stereocenters. The Bertz CT molecular complexity index is 1400. The first-order valence-electron chi connectivity index (χ1n) is 14.0. The second-order valence-corrected chi connectivity index (χ2v) is 12.6. The van der Waals surface area contributed by atoms with Crippen LogP contribution >= 0.6 is 0 Å². The Labute approximate surface area is 247 Å². The molecule has 3 aromatic rings. The summed E-state index contributed by atoms with van der Waals surface area (Å²) in [7, 11) is 0. The Hall–Kier alpha value is -3.43. The van der Waals surface area contributed by atoms with Crippen LogP contribution in [0.25, 0.3) is 0 Å². The number of phenolic OH excluding ortho intramolecular Hbond substituents is 1. The lowest BCUT2D eigenvalue weighted by molar-refractivity contribution is -0.191. The van der Waals surface area contributed by atoms with Crippen molar-refractivity contribution in [1.82, 2.24) is 0 Å². The molecule has 3 rings (SSSR count). The van der Waals surface area contributed by atoms with Gasteiger partial charge in [-0.2, -0.15) is 17.6 Å². The van der Waals surface area contributed by atoms with E-state index >= 15 is 8.78 Å². The van der Waals surface area contributed by atoms with E-state index in [4.69, 9.17) is 4.74 Å². The third-order valence-corrected chi connectivity index (χ3v) is 6.91. The predicted molar refractivity (Wildman–Crippen MR) is 151 cm³/mol. The highest BCUT2D eigenvalue weighted by Crippen LogP contribution is 2.45. The van der Waals surface area contributed by atoms with Gasteiger partial charge in [-0.1, -0.05) is 67.4 Å². The van der Waals surface area contributed by atoms with E-state index in [1.807, 2.05) is 6.92 Å². The first-order chi connectivity index (χ1) is 19.7. The number of alkyl halides is 4. The number of halogens is 7. The van der Waals surface area contributed by atoms with Gasteiger partial charge in [-0.25, -0.2) is 13.2 Å². The first kappa shape index (κ1) is 34.1. The van der Waals surface area contributed by atoms with E-state index in [0.717, 1.165) is 43.5 Å². The summed E-state index contributed by atoms with van der Waals surface area (Å²) in [5.41, 5.74) is -3.43. The molecule has 1 N–H and O–H groups in total. The van der Waals surface area contributed by atoms with Crippen molar-refractivity contribution in [2.75, 3.05) is 0 Å². The zero-order chi connectivity index (χ0) is 32.5. The fourth-order valence-corrected chi connectivity index (χ4v) is 4.63. The van der Waals surface area contributed by atoms with Crippen LogP contribution in [-0.4, -0.2) is 5.11 Å². The molecule has 3 aromatic carbocycles. The van der Waals surface area contributed by atoms with Gasteiger partial charge in [-0.3, -0.25) is 0 Å². The van der Waals surface area contributed by atoms with Crippen molar-refractivity contribution in [1.29, 1.82) is 0 Å². The Morgan fingerprint density at radius 1 is 0.628 bits per heavy atom. The number of aromatic hydroxyl groups is 1. The number of hydrogen-bond donors (Lipinski definition) is 1. The van der Waals surface area contributed by atoms with E-state index in [0.29, 0.717) is 12.0 Å². The topological polar surface area (TPSA) is 38.7 Å². The summed E-state index contributed by atoms with van der Waals surface area (Å²) < 4.78 is 114. The molecule has 0 atom stereocenters. The van der Waals surface area contributed by atoms with Crippen LogP contribution in [0.4, 0.5) is 30.7 Å². The van der Waals surface area contributed by atoms with E-state index in [1.165, 1.54) is 6.07 Å². The lowest BCUT2D eigenvalue weighted by atomic mass is 9.79. The summed E-state index contributed by atoms with van der Waals surface area (Å²) in [4.78, 5) is 0. The van der Waals surface area contributed by atoms with Gasteiger partial charge in [0.15, 0.2) is 0 Å². The average Bonchev–Trinajstić information content (AvgIpc) is 2.82. The van der Waals surface area contributed by atoms with Crippen LogP contribution in [0, 0.1) is 17.5 Å². The summed E-state index contributed by atoms with van der Waals surface area (Å²) in [6, 6.07) is 5.65. The second-order valence-electron chi connectivity index (χ2n) is 12.6. The van der Waals surface area contributed by atoms with Gasteiger partial charge >= 0.3 is 12.2 Å². The van der Waals surface area contributed by atoms with E-state index < -0.39 is 63.1 Å². The van der Waals surface area contributed by atoms with Gasteiger partial charge < -0.3 is 14.6 Å². The molecule has 43 heavy (non-hydrogen) atoms. The zero-order valence-electron chi connectivity index (χ0n) is 25.3. The summed E-state index contributed by atoms with van der Waals surface area (Å²) in [6.45, 7) is 12.4. The maximum Gasteiger partial charge on any atom is 0.432 e. The minimum atomic E-state index is -4.60. The number of hydrogen-bond acceptors (Lipinski definition) is 3. The molecule has 0 spiro atoms. The van der Waals surface area contributed by atoms with E-state index in [-0.39, 0.29) is 29.0 Å². The molecule has 3 nitrogen and oxygen atoms in total. The fraction of sp³-hybridized carbons (Fsp3) is 0.455. The number of aryl methyl sites for hydroxylation is 1. The Kier molecular flexibility index (Phi) is 9.73. The van der Waals surface area contributed by atoms with Crippen molar-refractivity contribution in [3.05, 3.63) is 87.7 Å². The minimum absolute atomic E-state index is 0.127. The highest BCUT2D eigenvalue weighted by molar-refractivity contribution is 5.52. The average molecular weight is 615 g/mol.